The summed E-state index contributed by atoms with van der Waals surface area (Å²) in [5, 5.41) is 37.5. The first kappa shape index (κ1) is 30.0. The molecule has 0 saturated carbocycles. The van der Waals surface area contributed by atoms with Crippen molar-refractivity contribution in [3.05, 3.63) is 0 Å². The molecule has 0 amide bonds. The number of ether oxygens (including phenoxy) is 1. The molecule has 0 spiro atoms. The zero-order chi connectivity index (χ0) is 23.3. The summed E-state index contributed by atoms with van der Waals surface area (Å²) in [5.74, 6) is -0.628. The molecule has 0 unspecified atom stereocenters. The van der Waals surface area contributed by atoms with Crippen molar-refractivity contribution in [1.82, 2.24) is 0 Å². The van der Waals surface area contributed by atoms with Gasteiger partial charge in [0.15, 0.2) is 12.4 Å². The van der Waals surface area contributed by atoms with Crippen LogP contribution in [0.5, 0.6) is 0 Å². The van der Waals surface area contributed by atoms with Gasteiger partial charge in [-0.05, 0) is 6.42 Å². The van der Waals surface area contributed by atoms with Gasteiger partial charge in [-0.25, -0.2) is 0 Å². The third kappa shape index (κ3) is 16.3. The van der Waals surface area contributed by atoms with Crippen LogP contribution in [-0.2, 0) is 14.3 Å². The minimum absolute atomic E-state index is 0.133. The van der Waals surface area contributed by atoms with E-state index in [0.29, 0.717) is 6.42 Å². The minimum atomic E-state index is -1.79. The van der Waals surface area contributed by atoms with E-state index < -0.39 is 37.0 Å². The Hall–Kier alpha value is -1.02. The molecule has 0 aromatic rings. The standard InChI is InChI=1S/C24H46O7/c1-2-3-4-5-6-7-8-9-10-11-12-13-14-15-16-17-22(28)31-21(19-26)24(30)23(29)20(27)18-25/h19-21,23-25,27,29-30H,2-18H2,1H3/t20-,21+,23+,24-/m1/s1. The number of rotatable bonds is 22. The Balaban J connectivity index is 3.61. The monoisotopic (exact) mass is 446 g/mol. The number of unbranched alkanes of at least 4 members (excludes halogenated alkanes) is 14. The van der Waals surface area contributed by atoms with Crippen LogP contribution in [0.2, 0.25) is 0 Å². The Bertz CT molecular complexity index is 430. The summed E-state index contributed by atoms with van der Waals surface area (Å²) in [6.45, 7) is 1.46. The predicted molar refractivity (Wildman–Crippen MR) is 121 cm³/mol. The molecular weight excluding hydrogens is 400 g/mol. The number of aliphatic hydroxyl groups is 4. The molecule has 4 N–H and O–H groups in total. The van der Waals surface area contributed by atoms with Crippen LogP contribution in [0.3, 0.4) is 0 Å². The van der Waals surface area contributed by atoms with Crippen LogP contribution >= 0.6 is 0 Å². The van der Waals surface area contributed by atoms with Crippen LogP contribution in [-0.4, -0.2) is 63.7 Å². The topological polar surface area (TPSA) is 124 Å². The van der Waals surface area contributed by atoms with Gasteiger partial charge in [0, 0.05) is 6.42 Å². The maximum Gasteiger partial charge on any atom is 0.306 e. The van der Waals surface area contributed by atoms with Gasteiger partial charge in [0.1, 0.15) is 18.3 Å². The van der Waals surface area contributed by atoms with Crippen molar-refractivity contribution in [3.8, 4) is 0 Å². The molecule has 0 aromatic heterocycles. The fraction of sp³-hybridized carbons (Fsp3) is 0.917. The number of esters is 1. The SMILES string of the molecule is CCCCCCCCCCCCCCCCCC(=O)O[C@@H](C=O)[C@@H](O)[C@@H](O)[C@H](O)CO. The van der Waals surface area contributed by atoms with Crippen molar-refractivity contribution in [2.45, 2.75) is 134 Å². The maximum absolute atomic E-state index is 11.8. The van der Waals surface area contributed by atoms with Gasteiger partial charge in [-0.15, -0.1) is 0 Å². The number of hydrogen-bond donors (Lipinski definition) is 4. The lowest BCUT2D eigenvalue weighted by Gasteiger charge is -2.25. The van der Waals surface area contributed by atoms with Crippen molar-refractivity contribution in [1.29, 1.82) is 0 Å². The molecule has 184 valence electrons. The van der Waals surface area contributed by atoms with Crippen LogP contribution < -0.4 is 0 Å². The number of hydrogen-bond acceptors (Lipinski definition) is 7. The first-order chi connectivity index (χ1) is 15.0. The van der Waals surface area contributed by atoms with Crippen LogP contribution in [0.15, 0.2) is 0 Å². The molecule has 0 aromatic carbocycles. The highest BCUT2D eigenvalue weighted by Gasteiger charge is 2.33. The molecule has 31 heavy (non-hydrogen) atoms. The first-order valence-electron chi connectivity index (χ1n) is 12.3. The molecule has 7 nitrogen and oxygen atoms in total. The molecule has 0 heterocycles. The minimum Gasteiger partial charge on any atom is -0.452 e. The lowest BCUT2D eigenvalue weighted by Crippen LogP contribution is -2.48. The number of carbonyl (C=O) groups is 2. The van der Waals surface area contributed by atoms with E-state index in [-0.39, 0.29) is 12.7 Å². The second kappa shape index (κ2) is 20.9. The van der Waals surface area contributed by atoms with Gasteiger partial charge in [-0.2, -0.15) is 0 Å². The summed E-state index contributed by atoms with van der Waals surface area (Å²) >= 11 is 0. The molecule has 0 fully saturated rings. The third-order valence-corrected chi connectivity index (χ3v) is 5.65. The Kier molecular flexibility index (Phi) is 20.2. The highest BCUT2D eigenvalue weighted by molar-refractivity contribution is 5.72. The van der Waals surface area contributed by atoms with Gasteiger partial charge in [-0.3, -0.25) is 9.59 Å². The third-order valence-electron chi connectivity index (χ3n) is 5.65. The summed E-state index contributed by atoms with van der Waals surface area (Å²) in [6.07, 6.45) is 11.9. The smallest absolute Gasteiger partial charge is 0.306 e. The van der Waals surface area contributed by atoms with E-state index in [1.165, 1.54) is 70.6 Å². The average molecular weight is 447 g/mol. The molecular formula is C24H46O7. The van der Waals surface area contributed by atoms with Crippen molar-refractivity contribution < 1.29 is 34.8 Å². The zero-order valence-corrected chi connectivity index (χ0v) is 19.4. The molecule has 0 aliphatic heterocycles. The average Bonchev–Trinajstić information content (AvgIpc) is 2.78. The fourth-order valence-electron chi connectivity index (χ4n) is 3.56. The molecule has 0 aliphatic carbocycles. The summed E-state index contributed by atoms with van der Waals surface area (Å²) in [7, 11) is 0. The molecule has 0 rings (SSSR count). The van der Waals surface area contributed by atoms with Crippen LogP contribution in [0.25, 0.3) is 0 Å². The fourth-order valence-corrected chi connectivity index (χ4v) is 3.56. The van der Waals surface area contributed by atoms with E-state index in [9.17, 15) is 24.9 Å². The molecule has 4 atom stereocenters. The van der Waals surface area contributed by atoms with Gasteiger partial charge in [0.2, 0.25) is 0 Å². The van der Waals surface area contributed by atoms with E-state index in [2.05, 4.69) is 6.92 Å². The zero-order valence-electron chi connectivity index (χ0n) is 19.4. The Labute approximate surface area is 188 Å². The normalized spacial score (nSPS) is 15.3. The Morgan fingerprint density at radius 1 is 0.742 bits per heavy atom. The highest BCUT2D eigenvalue weighted by atomic mass is 16.6. The van der Waals surface area contributed by atoms with E-state index in [1.807, 2.05) is 0 Å². The quantitative estimate of drug-likeness (QED) is 0.114. The van der Waals surface area contributed by atoms with Crippen LogP contribution in [0.4, 0.5) is 0 Å². The maximum atomic E-state index is 11.8. The molecule has 0 bridgehead atoms. The van der Waals surface area contributed by atoms with Crippen molar-refractivity contribution in [2.75, 3.05) is 6.61 Å². The van der Waals surface area contributed by atoms with Gasteiger partial charge < -0.3 is 25.2 Å². The van der Waals surface area contributed by atoms with Crippen molar-refractivity contribution in [3.63, 3.8) is 0 Å². The molecule has 7 heteroatoms. The second-order valence-electron chi connectivity index (χ2n) is 8.52. The largest absolute Gasteiger partial charge is 0.452 e. The van der Waals surface area contributed by atoms with E-state index in [1.54, 1.807) is 0 Å². The first-order valence-corrected chi connectivity index (χ1v) is 12.3. The Morgan fingerprint density at radius 2 is 1.16 bits per heavy atom. The second-order valence-corrected chi connectivity index (χ2v) is 8.52. The van der Waals surface area contributed by atoms with Crippen molar-refractivity contribution >= 4 is 12.3 Å². The van der Waals surface area contributed by atoms with E-state index in [0.717, 1.165) is 19.3 Å². The van der Waals surface area contributed by atoms with E-state index in [4.69, 9.17) is 9.84 Å². The van der Waals surface area contributed by atoms with Crippen molar-refractivity contribution in [2.24, 2.45) is 0 Å². The van der Waals surface area contributed by atoms with Gasteiger partial charge in [0.05, 0.1) is 6.61 Å². The number of aldehydes is 1. The van der Waals surface area contributed by atoms with Gasteiger partial charge in [0.25, 0.3) is 0 Å². The molecule has 0 radical (unpaired) electrons. The number of aliphatic hydroxyl groups excluding tert-OH is 4. The number of carbonyl (C=O) groups excluding carboxylic acids is 2. The summed E-state index contributed by atoms with van der Waals surface area (Å²) in [4.78, 5) is 22.8. The van der Waals surface area contributed by atoms with Gasteiger partial charge >= 0.3 is 5.97 Å². The lowest BCUT2D eigenvalue weighted by atomic mass is 10.0. The summed E-state index contributed by atoms with van der Waals surface area (Å²) in [6, 6.07) is 0. The van der Waals surface area contributed by atoms with Crippen LogP contribution in [0.1, 0.15) is 110 Å². The molecule has 0 saturated heterocycles. The molecule has 0 aliphatic rings. The highest BCUT2D eigenvalue weighted by Crippen LogP contribution is 2.14. The Morgan fingerprint density at radius 3 is 1.55 bits per heavy atom. The van der Waals surface area contributed by atoms with Crippen LogP contribution in [0, 0.1) is 0 Å². The lowest BCUT2D eigenvalue weighted by molar-refractivity contribution is -0.168. The van der Waals surface area contributed by atoms with Gasteiger partial charge in [-0.1, -0.05) is 96.8 Å². The summed E-state index contributed by atoms with van der Waals surface area (Å²) < 4.78 is 4.89. The summed E-state index contributed by atoms with van der Waals surface area (Å²) in [5.41, 5.74) is 0. The predicted octanol–water partition coefficient (Wildman–Crippen LogP) is 3.43. The van der Waals surface area contributed by atoms with E-state index >= 15 is 0 Å².